The van der Waals surface area contributed by atoms with Crippen molar-refractivity contribution < 1.29 is 14.3 Å². The lowest BCUT2D eigenvalue weighted by molar-refractivity contribution is 0.0697. The molecule has 0 aliphatic rings. The number of anilines is 1. The number of hydrogen-bond donors (Lipinski definition) is 1. The van der Waals surface area contributed by atoms with Crippen LogP contribution in [0.15, 0.2) is 47.3 Å². The van der Waals surface area contributed by atoms with Gasteiger partial charge in [0.1, 0.15) is 0 Å². The molecule has 0 aliphatic heterocycles. The predicted molar refractivity (Wildman–Crippen MR) is 64.2 cm³/mol. The van der Waals surface area contributed by atoms with E-state index in [9.17, 15) is 4.79 Å². The minimum atomic E-state index is -0.908. The van der Waals surface area contributed by atoms with Crippen LogP contribution in [-0.2, 0) is 6.54 Å². The summed E-state index contributed by atoms with van der Waals surface area (Å²) in [5.41, 5.74) is 2.34. The number of furan rings is 1. The molecule has 0 unspecified atom stereocenters. The van der Waals surface area contributed by atoms with E-state index in [0.29, 0.717) is 5.56 Å². The predicted octanol–water partition coefficient (Wildman–Crippen LogP) is 2.61. The first-order valence-corrected chi connectivity index (χ1v) is 5.22. The molecule has 4 heteroatoms. The summed E-state index contributed by atoms with van der Waals surface area (Å²) >= 11 is 0. The summed E-state index contributed by atoms with van der Waals surface area (Å²) in [6.45, 7) is 0.725. The van der Waals surface area contributed by atoms with Crippen LogP contribution in [-0.4, -0.2) is 18.1 Å². The zero-order valence-electron chi connectivity index (χ0n) is 9.46. The molecular formula is C13H13NO3. The van der Waals surface area contributed by atoms with Crippen molar-refractivity contribution in [2.24, 2.45) is 0 Å². The van der Waals surface area contributed by atoms with Gasteiger partial charge in [-0.05, 0) is 30.3 Å². The van der Waals surface area contributed by atoms with E-state index in [1.807, 2.05) is 18.0 Å². The van der Waals surface area contributed by atoms with E-state index < -0.39 is 5.97 Å². The van der Waals surface area contributed by atoms with Crippen LogP contribution in [0.5, 0.6) is 0 Å². The lowest BCUT2D eigenvalue weighted by atomic mass is 10.2. The van der Waals surface area contributed by atoms with E-state index in [1.165, 1.54) is 0 Å². The van der Waals surface area contributed by atoms with Crippen LogP contribution < -0.4 is 4.90 Å². The van der Waals surface area contributed by atoms with Crippen LogP contribution >= 0.6 is 0 Å². The Morgan fingerprint density at radius 2 is 2.00 bits per heavy atom. The van der Waals surface area contributed by atoms with Crippen molar-refractivity contribution in [2.45, 2.75) is 6.54 Å². The van der Waals surface area contributed by atoms with Gasteiger partial charge in [-0.1, -0.05) is 0 Å². The van der Waals surface area contributed by atoms with Gasteiger partial charge in [0.15, 0.2) is 0 Å². The van der Waals surface area contributed by atoms with E-state index >= 15 is 0 Å². The molecule has 0 fully saturated rings. The van der Waals surface area contributed by atoms with Crippen molar-refractivity contribution in [3.63, 3.8) is 0 Å². The molecule has 1 aromatic carbocycles. The van der Waals surface area contributed by atoms with Gasteiger partial charge in [0.05, 0.1) is 18.1 Å². The average molecular weight is 231 g/mol. The van der Waals surface area contributed by atoms with Gasteiger partial charge in [-0.25, -0.2) is 4.79 Å². The highest BCUT2D eigenvalue weighted by atomic mass is 16.4. The lowest BCUT2D eigenvalue weighted by Crippen LogP contribution is -2.15. The number of aromatic carboxylic acids is 1. The Labute approximate surface area is 99.1 Å². The number of carboxylic acid groups (broad SMARTS) is 1. The van der Waals surface area contributed by atoms with E-state index in [4.69, 9.17) is 9.52 Å². The molecule has 0 saturated carbocycles. The molecule has 0 saturated heterocycles. The first kappa shape index (κ1) is 11.3. The highest BCUT2D eigenvalue weighted by Gasteiger charge is 2.05. The van der Waals surface area contributed by atoms with Crippen molar-refractivity contribution >= 4 is 11.7 Å². The lowest BCUT2D eigenvalue weighted by Gasteiger charge is -2.18. The zero-order chi connectivity index (χ0) is 12.3. The normalized spacial score (nSPS) is 10.2. The second-order valence-electron chi connectivity index (χ2n) is 3.84. The highest BCUT2D eigenvalue weighted by Crippen LogP contribution is 2.16. The standard InChI is InChI=1S/C13H13NO3/c1-14(8-10-6-7-17-9-10)12-4-2-11(3-5-12)13(15)16/h2-7,9H,8H2,1H3,(H,15,16). The minimum Gasteiger partial charge on any atom is -0.478 e. The third kappa shape index (κ3) is 2.66. The second kappa shape index (κ2) is 4.74. The van der Waals surface area contributed by atoms with Crippen molar-refractivity contribution in [1.82, 2.24) is 0 Å². The number of carbonyl (C=O) groups is 1. The SMILES string of the molecule is CN(Cc1ccoc1)c1ccc(C(=O)O)cc1. The maximum Gasteiger partial charge on any atom is 0.335 e. The van der Waals surface area contributed by atoms with Crippen LogP contribution in [0.3, 0.4) is 0 Å². The summed E-state index contributed by atoms with van der Waals surface area (Å²) in [5, 5.41) is 8.80. The summed E-state index contributed by atoms with van der Waals surface area (Å²) in [7, 11) is 1.95. The topological polar surface area (TPSA) is 53.7 Å². The Bertz CT molecular complexity index is 488. The number of carboxylic acids is 1. The largest absolute Gasteiger partial charge is 0.478 e. The summed E-state index contributed by atoms with van der Waals surface area (Å²) in [4.78, 5) is 12.7. The first-order valence-electron chi connectivity index (χ1n) is 5.22. The maximum absolute atomic E-state index is 10.7. The molecule has 0 bridgehead atoms. The Kier molecular flexibility index (Phi) is 3.14. The number of benzene rings is 1. The van der Waals surface area contributed by atoms with Gasteiger partial charge in [0.25, 0.3) is 0 Å². The third-order valence-corrected chi connectivity index (χ3v) is 2.55. The fourth-order valence-corrected chi connectivity index (χ4v) is 1.61. The molecule has 88 valence electrons. The van der Waals surface area contributed by atoms with E-state index in [0.717, 1.165) is 17.8 Å². The smallest absolute Gasteiger partial charge is 0.335 e. The Morgan fingerprint density at radius 3 is 2.53 bits per heavy atom. The Hall–Kier alpha value is -2.23. The third-order valence-electron chi connectivity index (χ3n) is 2.55. The van der Waals surface area contributed by atoms with Crippen molar-refractivity contribution in [1.29, 1.82) is 0 Å². The molecular weight excluding hydrogens is 218 g/mol. The summed E-state index contributed by atoms with van der Waals surface area (Å²) in [6, 6.07) is 8.70. The van der Waals surface area contributed by atoms with E-state index in [-0.39, 0.29) is 0 Å². The van der Waals surface area contributed by atoms with Crippen LogP contribution in [0.2, 0.25) is 0 Å². The molecule has 17 heavy (non-hydrogen) atoms. The molecule has 1 heterocycles. The van der Waals surface area contributed by atoms with Gasteiger partial charge in [0.2, 0.25) is 0 Å². The summed E-state index contributed by atoms with van der Waals surface area (Å²) in [5.74, 6) is -0.908. The molecule has 0 radical (unpaired) electrons. The number of rotatable bonds is 4. The van der Waals surface area contributed by atoms with Crippen LogP contribution in [0.4, 0.5) is 5.69 Å². The summed E-state index contributed by atoms with van der Waals surface area (Å²) in [6.07, 6.45) is 3.33. The average Bonchev–Trinajstić information content (AvgIpc) is 2.82. The van der Waals surface area contributed by atoms with Gasteiger partial charge in [-0.15, -0.1) is 0 Å². The Morgan fingerprint density at radius 1 is 1.29 bits per heavy atom. The van der Waals surface area contributed by atoms with Crippen molar-refractivity contribution in [2.75, 3.05) is 11.9 Å². The molecule has 1 aromatic heterocycles. The van der Waals surface area contributed by atoms with E-state index in [2.05, 4.69) is 0 Å². The van der Waals surface area contributed by atoms with Crippen LogP contribution in [0, 0.1) is 0 Å². The van der Waals surface area contributed by atoms with Crippen LogP contribution in [0.25, 0.3) is 0 Å². The van der Waals surface area contributed by atoms with Gasteiger partial charge in [-0.2, -0.15) is 0 Å². The first-order chi connectivity index (χ1) is 8.16. The number of nitrogens with zero attached hydrogens (tertiary/aromatic N) is 1. The van der Waals surface area contributed by atoms with Gasteiger partial charge < -0.3 is 14.4 Å². The highest BCUT2D eigenvalue weighted by molar-refractivity contribution is 5.88. The molecule has 0 atom stereocenters. The van der Waals surface area contributed by atoms with E-state index in [1.54, 1.807) is 36.8 Å². The van der Waals surface area contributed by atoms with Crippen molar-refractivity contribution in [3.8, 4) is 0 Å². The molecule has 0 amide bonds. The fraction of sp³-hybridized carbons (Fsp3) is 0.154. The minimum absolute atomic E-state index is 0.297. The second-order valence-corrected chi connectivity index (χ2v) is 3.84. The summed E-state index contributed by atoms with van der Waals surface area (Å²) < 4.78 is 5.00. The molecule has 2 rings (SSSR count). The molecule has 1 N–H and O–H groups in total. The molecule has 2 aromatic rings. The van der Waals surface area contributed by atoms with Gasteiger partial charge in [-0.3, -0.25) is 0 Å². The molecule has 0 aliphatic carbocycles. The Balaban J connectivity index is 2.09. The monoisotopic (exact) mass is 231 g/mol. The maximum atomic E-state index is 10.7. The molecule has 4 nitrogen and oxygen atoms in total. The quantitative estimate of drug-likeness (QED) is 0.878. The zero-order valence-corrected chi connectivity index (χ0v) is 9.46. The van der Waals surface area contributed by atoms with Gasteiger partial charge in [0, 0.05) is 24.8 Å². The van der Waals surface area contributed by atoms with Crippen molar-refractivity contribution in [3.05, 3.63) is 54.0 Å². The number of hydrogen-bond acceptors (Lipinski definition) is 3. The fourth-order valence-electron chi connectivity index (χ4n) is 1.61. The van der Waals surface area contributed by atoms with Crippen LogP contribution in [0.1, 0.15) is 15.9 Å². The molecule has 0 spiro atoms. The van der Waals surface area contributed by atoms with Gasteiger partial charge >= 0.3 is 5.97 Å².